The van der Waals surface area contributed by atoms with Gasteiger partial charge in [0.2, 0.25) is 0 Å². The topological polar surface area (TPSA) is 60.1 Å². The fraction of sp³-hybridized carbons (Fsp3) is 0.611. The van der Waals surface area contributed by atoms with Crippen LogP contribution in [0, 0.1) is 0 Å². The molecule has 5 heteroatoms. The average molecular weight is 317 g/mol. The van der Waals surface area contributed by atoms with Gasteiger partial charge in [0.05, 0.1) is 19.3 Å². The molecule has 1 aromatic rings. The Labute approximate surface area is 138 Å². The van der Waals surface area contributed by atoms with Crippen LogP contribution in [-0.4, -0.2) is 43.3 Å². The summed E-state index contributed by atoms with van der Waals surface area (Å²) >= 11 is 0. The van der Waals surface area contributed by atoms with Gasteiger partial charge in [-0.15, -0.1) is 0 Å². The van der Waals surface area contributed by atoms with E-state index in [1.807, 2.05) is 7.05 Å². The van der Waals surface area contributed by atoms with Gasteiger partial charge < -0.3 is 20.1 Å². The summed E-state index contributed by atoms with van der Waals surface area (Å²) in [7, 11) is 2.02. The highest BCUT2D eigenvalue weighted by atomic mass is 16.5. The third-order valence-electron chi connectivity index (χ3n) is 4.53. The predicted molar refractivity (Wildman–Crippen MR) is 91.2 cm³/mol. The lowest BCUT2D eigenvalue weighted by Crippen LogP contribution is -2.35. The molecule has 0 atom stereocenters. The van der Waals surface area contributed by atoms with Crippen LogP contribution >= 0.6 is 0 Å². The molecule has 0 unspecified atom stereocenters. The maximum absolute atomic E-state index is 6.04. The monoisotopic (exact) mass is 317 g/mol. The fourth-order valence-electron chi connectivity index (χ4n) is 2.81. The largest absolute Gasteiger partial charge is 0.381 e. The summed E-state index contributed by atoms with van der Waals surface area (Å²) in [6.07, 6.45) is 4.77. The van der Waals surface area contributed by atoms with Gasteiger partial charge in [-0.3, -0.25) is 0 Å². The van der Waals surface area contributed by atoms with Crippen molar-refractivity contribution in [3.63, 3.8) is 0 Å². The summed E-state index contributed by atoms with van der Waals surface area (Å²) in [5.74, 6) is 0.636. The standard InChI is InChI=1S/C18H27N3O2/c1-21(16-5-6-16)18(19)20-12-14-3-2-4-15(11-14)13-23-17-7-9-22-10-8-17/h2-4,11,16-17H,5-10,12-13H2,1H3,(H2,19,20). The third-order valence-corrected chi connectivity index (χ3v) is 4.53. The maximum Gasteiger partial charge on any atom is 0.191 e. The van der Waals surface area contributed by atoms with Crippen LogP contribution in [0.2, 0.25) is 0 Å². The van der Waals surface area contributed by atoms with Crippen LogP contribution < -0.4 is 5.73 Å². The number of guanidine groups is 1. The molecule has 126 valence electrons. The first kappa shape index (κ1) is 16.3. The average Bonchev–Trinajstić information content (AvgIpc) is 3.43. The molecule has 2 N–H and O–H groups in total. The SMILES string of the molecule is CN(C(N)=NCc1cccc(COC2CCOCC2)c1)C1CC1. The normalized spacial score (nSPS) is 19.8. The van der Waals surface area contributed by atoms with Crippen molar-refractivity contribution < 1.29 is 9.47 Å². The summed E-state index contributed by atoms with van der Waals surface area (Å²) in [6, 6.07) is 9.01. The highest BCUT2D eigenvalue weighted by molar-refractivity contribution is 5.78. The summed E-state index contributed by atoms with van der Waals surface area (Å²) < 4.78 is 11.3. The number of benzene rings is 1. The molecule has 0 spiro atoms. The number of hydrogen-bond donors (Lipinski definition) is 1. The van der Waals surface area contributed by atoms with Crippen molar-refractivity contribution in [2.75, 3.05) is 20.3 Å². The second-order valence-electron chi connectivity index (χ2n) is 6.46. The van der Waals surface area contributed by atoms with Crippen molar-refractivity contribution in [1.82, 2.24) is 4.90 Å². The van der Waals surface area contributed by atoms with Crippen LogP contribution in [0.15, 0.2) is 29.3 Å². The van der Waals surface area contributed by atoms with Crippen molar-refractivity contribution in [3.8, 4) is 0 Å². The van der Waals surface area contributed by atoms with Gasteiger partial charge in [0, 0.05) is 26.3 Å². The van der Waals surface area contributed by atoms with Crippen LogP contribution in [0.5, 0.6) is 0 Å². The molecule has 1 aromatic carbocycles. The number of hydrogen-bond acceptors (Lipinski definition) is 3. The van der Waals surface area contributed by atoms with Gasteiger partial charge in [0.15, 0.2) is 5.96 Å². The van der Waals surface area contributed by atoms with Crippen molar-refractivity contribution in [2.24, 2.45) is 10.7 Å². The molecule has 0 radical (unpaired) electrons. The minimum atomic E-state index is 0.327. The van der Waals surface area contributed by atoms with Crippen LogP contribution in [0.4, 0.5) is 0 Å². The number of nitrogens with zero attached hydrogens (tertiary/aromatic N) is 2. The van der Waals surface area contributed by atoms with E-state index >= 15 is 0 Å². The Morgan fingerprint density at radius 1 is 1.26 bits per heavy atom. The molecular weight excluding hydrogens is 290 g/mol. The Kier molecular flexibility index (Phi) is 5.51. The third kappa shape index (κ3) is 4.94. The van der Waals surface area contributed by atoms with E-state index in [2.05, 4.69) is 34.2 Å². The molecule has 1 saturated carbocycles. The van der Waals surface area contributed by atoms with E-state index in [9.17, 15) is 0 Å². The second-order valence-corrected chi connectivity index (χ2v) is 6.46. The van der Waals surface area contributed by atoms with E-state index in [1.165, 1.54) is 24.0 Å². The zero-order valence-electron chi connectivity index (χ0n) is 13.9. The van der Waals surface area contributed by atoms with Gasteiger partial charge in [0.1, 0.15) is 0 Å². The molecule has 2 fully saturated rings. The molecule has 3 rings (SSSR count). The molecule has 1 heterocycles. The summed E-state index contributed by atoms with van der Waals surface area (Å²) in [5.41, 5.74) is 8.40. The Balaban J connectivity index is 1.51. The van der Waals surface area contributed by atoms with E-state index in [-0.39, 0.29) is 0 Å². The first-order valence-corrected chi connectivity index (χ1v) is 8.52. The minimum absolute atomic E-state index is 0.327. The predicted octanol–water partition coefficient (Wildman–Crippen LogP) is 2.29. The summed E-state index contributed by atoms with van der Waals surface area (Å²) in [6.45, 7) is 2.90. The molecule has 5 nitrogen and oxygen atoms in total. The van der Waals surface area contributed by atoms with Gasteiger partial charge >= 0.3 is 0 Å². The quantitative estimate of drug-likeness (QED) is 0.646. The van der Waals surface area contributed by atoms with E-state index in [0.717, 1.165) is 26.1 Å². The van der Waals surface area contributed by atoms with Gasteiger partial charge in [0.25, 0.3) is 0 Å². The molecule has 1 aliphatic carbocycles. The molecule has 23 heavy (non-hydrogen) atoms. The number of rotatable bonds is 6. The molecule has 0 bridgehead atoms. The minimum Gasteiger partial charge on any atom is -0.381 e. The summed E-state index contributed by atoms with van der Waals surface area (Å²) in [4.78, 5) is 6.59. The highest BCUT2D eigenvalue weighted by Gasteiger charge is 2.27. The summed E-state index contributed by atoms with van der Waals surface area (Å²) in [5, 5.41) is 0. The Bertz CT molecular complexity index is 537. The molecule has 2 aliphatic rings. The van der Waals surface area contributed by atoms with Crippen LogP contribution in [0.1, 0.15) is 36.8 Å². The molecule has 0 aromatic heterocycles. The van der Waals surface area contributed by atoms with Crippen LogP contribution in [-0.2, 0) is 22.6 Å². The van der Waals surface area contributed by atoms with Crippen LogP contribution in [0.25, 0.3) is 0 Å². The molecule has 1 aliphatic heterocycles. The van der Waals surface area contributed by atoms with E-state index in [4.69, 9.17) is 15.2 Å². The van der Waals surface area contributed by atoms with E-state index in [1.54, 1.807) is 0 Å². The zero-order chi connectivity index (χ0) is 16.1. The van der Waals surface area contributed by atoms with Crippen molar-refractivity contribution in [3.05, 3.63) is 35.4 Å². The maximum atomic E-state index is 6.04. The Morgan fingerprint density at radius 3 is 2.74 bits per heavy atom. The van der Waals surface area contributed by atoms with E-state index in [0.29, 0.717) is 31.3 Å². The number of nitrogens with two attached hydrogens (primary N) is 1. The highest BCUT2D eigenvalue weighted by Crippen LogP contribution is 2.25. The number of aliphatic imine (C=N–C) groups is 1. The lowest BCUT2D eigenvalue weighted by atomic mass is 10.1. The molecule has 0 amide bonds. The lowest BCUT2D eigenvalue weighted by molar-refractivity contribution is -0.0390. The van der Waals surface area contributed by atoms with Crippen molar-refractivity contribution in [1.29, 1.82) is 0 Å². The Morgan fingerprint density at radius 2 is 2.00 bits per heavy atom. The van der Waals surface area contributed by atoms with Gasteiger partial charge in [-0.2, -0.15) is 0 Å². The first-order valence-electron chi connectivity index (χ1n) is 8.52. The zero-order valence-corrected chi connectivity index (χ0v) is 13.9. The Hall–Kier alpha value is -1.59. The first-order chi connectivity index (χ1) is 11.2. The van der Waals surface area contributed by atoms with E-state index < -0.39 is 0 Å². The van der Waals surface area contributed by atoms with Gasteiger partial charge in [-0.1, -0.05) is 24.3 Å². The molecular formula is C18H27N3O2. The molecule has 1 saturated heterocycles. The number of ether oxygens (including phenoxy) is 2. The van der Waals surface area contributed by atoms with Crippen molar-refractivity contribution in [2.45, 2.75) is 51.0 Å². The van der Waals surface area contributed by atoms with Gasteiger partial charge in [-0.25, -0.2) is 4.99 Å². The fourth-order valence-corrected chi connectivity index (χ4v) is 2.81. The van der Waals surface area contributed by atoms with Gasteiger partial charge in [-0.05, 0) is 36.8 Å². The lowest BCUT2D eigenvalue weighted by Gasteiger charge is -2.22. The smallest absolute Gasteiger partial charge is 0.191 e. The second kappa shape index (κ2) is 7.79. The van der Waals surface area contributed by atoms with Crippen LogP contribution in [0.3, 0.4) is 0 Å². The van der Waals surface area contributed by atoms with Crippen molar-refractivity contribution >= 4 is 5.96 Å².